The predicted molar refractivity (Wildman–Crippen MR) is 94.8 cm³/mol. The number of carbonyl (C=O) groups excluding carboxylic acids is 1. The molecule has 0 atom stereocenters. The van der Waals surface area contributed by atoms with Crippen molar-refractivity contribution in [1.29, 1.82) is 0 Å². The van der Waals surface area contributed by atoms with Gasteiger partial charge < -0.3 is 9.64 Å². The Bertz CT molecular complexity index is 571. The van der Waals surface area contributed by atoms with E-state index in [0.29, 0.717) is 0 Å². The largest absolute Gasteiger partial charge is 0.438 e. The topological polar surface area (TPSA) is 29.5 Å². The van der Waals surface area contributed by atoms with Crippen molar-refractivity contribution in [3.8, 4) is 0 Å². The molecule has 3 heteroatoms. The van der Waals surface area contributed by atoms with E-state index in [1.54, 1.807) is 0 Å². The van der Waals surface area contributed by atoms with Crippen molar-refractivity contribution in [3.63, 3.8) is 0 Å². The molecule has 3 nitrogen and oxygen atoms in total. The average Bonchev–Trinajstić information content (AvgIpc) is 3.25. The molecule has 2 saturated carbocycles. The number of likely N-dealkylation sites (tertiary alicyclic amines) is 1. The van der Waals surface area contributed by atoms with Gasteiger partial charge in [-0.15, -0.1) is 0 Å². The monoisotopic (exact) mass is 327 g/mol. The lowest BCUT2D eigenvalue weighted by molar-refractivity contribution is -0.0269. The van der Waals surface area contributed by atoms with Crippen LogP contribution in [0.2, 0.25) is 0 Å². The Hall–Kier alpha value is -1.51. The maximum Gasteiger partial charge on any atom is 0.411 e. The molecule has 0 aromatic heterocycles. The SMILES string of the molecule is O=C(OC1(c2ccccc2)CCCC1)N1CCCC12CCCCC2. The van der Waals surface area contributed by atoms with Gasteiger partial charge in [-0.3, -0.25) is 0 Å². The van der Waals surface area contributed by atoms with Crippen molar-refractivity contribution < 1.29 is 9.53 Å². The molecule has 1 aliphatic heterocycles. The van der Waals surface area contributed by atoms with Gasteiger partial charge in [-0.25, -0.2) is 4.79 Å². The van der Waals surface area contributed by atoms with Crippen LogP contribution in [0.25, 0.3) is 0 Å². The minimum absolute atomic E-state index is 0.0554. The molecule has 1 spiro atoms. The van der Waals surface area contributed by atoms with Gasteiger partial charge in [0.25, 0.3) is 0 Å². The number of carbonyl (C=O) groups is 1. The van der Waals surface area contributed by atoms with Crippen molar-refractivity contribution >= 4 is 6.09 Å². The van der Waals surface area contributed by atoms with E-state index in [4.69, 9.17) is 4.74 Å². The van der Waals surface area contributed by atoms with Gasteiger partial charge in [-0.05, 0) is 56.9 Å². The molecular weight excluding hydrogens is 298 g/mol. The second-order valence-electron chi connectivity index (χ2n) is 7.98. The average molecular weight is 327 g/mol. The Morgan fingerprint density at radius 2 is 1.46 bits per heavy atom. The van der Waals surface area contributed by atoms with E-state index in [2.05, 4.69) is 29.2 Å². The van der Waals surface area contributed by atoms with E-state index >= 15 is 0 Å². The first-order valence-corrected chi connectivity index (χ1v) is 9.80. The van der Waals surface area contributed by atoms with Gasteiger partial charge in [0.15, 0.2) is 0 Å². The minimum atomic E-state index is -0.392. The number of amides is 1. The van der Waals surface area contributed by atoms with E-state index in [0.717, 1.165) is 38.6 Å². The van der Waals surface area contributed by atoms with Crippen LogP contribution in [0.4, 0.5) is 4.79 Å². The van der Waals surface area contributed by atoms with Gasteiger partial charge in [0.2, 0.25) is 0 Å². The molecule has 1 aromatic carbocycles. The molecule has 3 aliphatic rings. The van der Waals surface area contributed by atoms with Crippen LogP contribution in [-0.4, -0.2) is 23.1 Å². The first-order valence-electron chi connectivity index (χ1n) is 9.80. The molecule has 2 aliphatic carbocycles. The molecule has 3 fully saturated rings. The summed E-state index contributed by atoms with van der Waals surface area (Å²) in [5.74, 6) is 0. The number of rotatable bonds is 2. The highest BCUT2D eigenvalue weighted by Gasteiger charge is 2.47. The molecule has 130 valence electrons. The zero-order valence-electron chi connectivity index (χ0n) is 14.6. The highest BCUT2D eigenvalue weighted by Crippen LogP contribution is 2.46. The number of ether oxygens (including phenoxy) is 1. The molecule has 4 rings (SSSR count). The lowest BCUT2D eigenvalue weighted by atomic mass is 9.80. The highest BCUT2D eigenvalue weighted by molar-refractivity contribution is 5.70. The van der Waals surface area contributed by atoms with Gasteiger partial charge in [0, 0.05) is 12.1 Å². The number of hydrogen-bond donors (Lipinski definition) is 0. The molecule has 0 radical (unpaired) electrons. The summed E-state index contributed by atoms with van der Waals surface area (Å²) in [6.07, 6.45) is 12.6. The summed E-state index contributed by atoms with van der Waals surface area (Å²) in [5.41, 5.74) is 0.885. The van der Waals surface area contributed by atoms with Crippen LogP contribution >= 0.6 is 0 Å². The first kappa shape index (κ1) is 16.0. The Kier molecular flexibility index (Phi) is 4.28. The fraction of sp³-hybridized carbons (Fsp3) is 0.667. The van der Waals surface area contributed by atoms with Crippen LogP contribution < -0.4 is 0 Å². The molecule has 24 heavy (non-hydrogen) atoms. The zero-order valence-corrected chi connectivity index (χ0v) is 14.6. The third kappa shape index (κ3) is 2.72. The van der Waals surface area contributed by atoms with Gasteiger partial charge in [-0.2, -0.15) is 0 Å². The molecule has 1 aromatic rings. The van der Waals surface area contributed by atoms with Crippen molar-refractivity contribution in [2.45, 2.75) is 81.8 Å². The summed E-state index contributed by atoms with van der Waals surface area (Å²) in [4.78, 5) is 15.3. The Balaban J connectivity index is 1.55. The predicted octanol–water partition coefficient (Wildman–Crippen LogP) is 5.39. The standard InChI is InChI=1S/C21H29NO2/c23-19(22-17-9-14-20(22)12-5-2-6-13-20)24-21(15-7-8-16-21)18-10-3-1-4-11-18/h1,3-4,10-11H,2,5-9,12-17H2. The van der Waals surface area contributed by atoms with Crippen LogP contribution in [0.1, 0.15) is 76.2 Å². The fourth-order valence-corrected chi connectivity index (χ4v) is 5.31. The Morgan fingerprint density at radius 1 is 0.833 bits per heavy atom. The molecule has 0 unspecified atom stereocenters. The number of benzene rings is 1. The number of nitrogens with zero attached hydrogens (tertiary/aromatic N) is 1. The first-order chi connectivity index (χ1) is 11.7. The Morgan fingerprint density at radius 3 is 2.17 bits per heavy atom. The summed E-state index contributed by atoms with van der Waals surface area (Å²) >= 11 is 0. The molecule has 1 amide bonds. The quantitative estimate of drug-likeness (QED) is 0.728. The smallest absolute Gasteiger partial charge is 0.411 e. The van der Waals surface area contributed by atoms with Crippen molar-refractivity contribution in [2.24, 2.45) is 0 Å². The summed E-state index contributed by atoms with van der Waals surface area (Å²) in [6, 6.07) is 10.4. The van der Waals surface area contributed by atoms with Crippen molar-refractivity contribution in [2.75, 3.05) is 6.54 Å². The maximum atomic E-state index is 13.2. The Labute approximate surface area is 145 Å². The summed E-state index contributed by atoms with van der Waals surface area (Å²) < 4.78 is 6.28. The van der Waals surface area contributed by atoms with E-state index < -0.39 is 5.60 Å². The van der Waals surface area contributed by atoms with Crippen LogP contribution in [0.3, 0.4) is 0 Å². The van der Waals surface area contributed by atoms with E-state index in [-0.39, 0.29) is 11.6 Å². The molecule has 0 bridgehead atoms. The van der Waals surface area contributed by atoms with Crippen LogP contribution in [0.5, 0.6) is 0 Å². The lowest BCUT2D eigenvalue weighted by Crippen LogP contribution is -2.50. The summed E-state index contributed by atoms with van der Waals surface area (Å²) in [5, 5.41) is 0. The second-order valence-corrected chi connectivity index (χ2v) is 7.98. The van der Waals surface area contributed by atoms with Gasteiger partial charge >= 0.3 is 6.09 Å². The fourth-order valence-electron chi connectivity index (χ4n) is 5.31. The minimum Gasteiger partial charge on any atom is -0.438 e. The molecular formula is C21H29NO2. The maximum absolute atomic E-state index is 13.2. The number of hydrogen-bond acceptors (Lipinski definition) is 2. The van der Waals surface area contributed by atoms with Gasteiger partial charge in [0.05, 0.1) is 0 Å². The molecule has 0 N–H and O–H groups in total. The van der Waals surface area contributed by atoms with Gasteiger partial charge in [0.1, 0.15) is 5.60 Å². The van der Waals surface area contributed by atoms with E-state index in [9.17, 15) is 4.79 Å². The van der Waals surface area contributed by atoms with Crippen LogP contribution in [0.15, 0.2) is 30.3 Å². The van der Waals surface area contributed by atoms with E-state index in [1.165, 1.54) is 44.1 Å². The molecule has 1 saturated heterocycles. The summed E-state index contributed by atoms with van der Waals surface area (Å²) in [6.45, 7) is 0.879. The second kappa shape index (κ2) is 6.42. The molecule has 1 heterocycles. The van der Waals surface area contributed by atoms with E-state index in [1.807, 2.05) is 6.07 Å². The zero-order chi connectivity index (χ0) is 16.5. The van der Waals surface area contributed by atoms with Crippen LogP contribution in [0, 0.1) is 0 Å². The lowest BCUT2D eigenvalue weighted by Gasteiger charge is -2.42. The van der Waals surface area contributed by atoms with Crippen molar-refractivity contribution in [1.82, 2.24) is 4.90 Å². The summed E-state index contributed by atoms with van der Waals surface area (Å²) in [7, 11) is 0. The van der Waals surface area contributed by atoms with Crippen LogP contribution in [-0.2, 0) is 10.3 Å². The highest BCUT2D eigenvalue weighted by atomic mass is 16.6. The van der Waals surface area contributed by atoms with Crippen molar-refractivity contribution in [3.05, 3.63) is 35.9 Å². The van der Waals surface area contributed by atoms with Gasteiger partial charge in [-0.1, -0.05) is 49.6 Å². The third-order valence-electron chi connectivity index (χ3n) is 6.59. The normalized spacial score (nSPS) is 25.1. The third-order valence-corrected chi connectivity index (χ3v) is 6.59.